The Morgan fingerprint density at radius 2 is 1.92 bits per heavy atom. The molecular weight excluding hydrogens is 483 g/mol. The van der Waals surface area contributed by atoms with Crippen molar-refractivity contribution < 1.29 is 13.9 Å². The molecule has 7 rings (SSSR count). The van der Waals surface area contributed by atoms with E-state index in [1.54, 1.807) is 12.4 Å². The molecular formula is C26H28ClFN6O2. The molecule has 0 aromatic carbocycles. The van der Waals surface area contributed by atoms with Gasteiger partial charge in [-0.1, -0.05) is 11.6 Å². The maximum Gasteiger partial charge on any atom is 0.407 e. The van der Waals surface area contributed by atoms with Gasteiger partial charge in [-0.15, -0.1) is 0 Å². The van der Waals surface area contributed by atoms with E-state index in [-0.39, 0.29) is 12.1 Å². The second-order valence-corrected chi connectivity index (χ2v) is 11.3. The van der Waals surface area contributed by atoms with Crippen LogP contribution in [0.1, 0.15) is 52.5 Å². The van der Waals surface area contributed by atoms with Gasteiger partial charge >= 0.3 is 6.09 Å². The summed E-state index contributed by atoms with van der Waals surface area (Å²) in [5, 5.41) is 5.08. The van der Waals surface area contributed by atoms with Crippen LogP contribution in [0, 0.1) is 17.7 Å². The normalized spacial score (nSPS) is 23.9. The van der Waals surface area contributed by atoms with Crippen molar-refractivity contribution in [3.63, 3.8) is 0 Å². The molecule has 0 saturated heterocycles. The lowest BCUT2D eigenvalue weighted by molar-refractivity contribution is 0.0249. The zero-order valence-electron chi connectivity index (χ0n) is 20.4. The van der Waals surface area contributed by atoms with Gasteiger partial charge in [0.1, 0.15) is 22.7 Å². The van der Waals surface area contributed by atoms with E-state index in [0.717, 1.165) is 31.1 Å². The van der Waals surface area contributed by atoms with E-state index in [9.17, 15) is 9.18 Å². The minimum absolute atomic E-state index is 0.00940. The van der Waals surface area contributed by atoms with Gasteiger partial charge in [0.2, 0.25) is 0 Å². The van der Waals surface area contributed by atoms with Crippen LogP contribution in [0.4, 0.5) is 9.18 Å². The van der Waals surface area contributed by atoms with Crippen molar-refractivity contribution in [1.82, 2.24) is 29.8 Å². The molecule has 3 aliphatic rings. The van der Waals surface area contributed by atoms with Crippen LogP contribution < -0.4 is 5.32 Å². The highest BCUT2D eigenvalue weighted by atomic mass is 35.5. The van der Waals surface area contributed by atoms with Crippen LogP contribution in [0.2, 0.25) is 5.02 Å². The number of amides is 1. The van der Waals surface area contributed by atoms with Gasteiger partial charge in [-0.2, -0.15) is 0 Å². The van der Waals surface area contributed by atoms with E-state index in [4.69, 9.17) is 21.3 Å². The van der Waals surface area contributed by atoms with Crippen molar-refractivity contribution in [3.8, 4) is 11.4 Å². The van der Waals surface area contributed by atoms with Crippen molar-refractivity contribution >= 4 is 39.8 Å². The van der Waals surface area contributed by atoms with Crippen LogP contribution >= 0.6 is 11.6 Å². The second-order valence-electron chi connectivity index (χ2n) is 10.9. The lowest BCUT2D eigenvalue weighted by Crippen LogP contribution is -2.54. The van der Waals surface area contributed by atoms with E-state index in [1.807, 2.05) is 27.0 Å². The molecule has 4 aromatic rings. The van der Waals surface area contributed by atoms with Gasteiger partial charge in [-0.05, 0) is 64.4 Å². The van der Waals surface area contributed by atoms with Crippen LogP contribution in [0.5, 0.6) is 0 Å². The van der Waals surface area contributed by atoms with Gasteiger partial charge in [0, 0.05) is 29.5 Å². The van der Waals surface area contributed by atoms with Crippen LogP contribution in [-0.4, -0.2) is 42.2 Å². The molecule has 36 heavy (non-hydrogen) atoms. The molecule has 188 valence electrons. The average Bonchev–Trinajstić information content (AvgIpc) is 3.39. The Kier molecular flexibility index (Phi) is 5.44. The molecule has 1 amide bonds. The van der Waals surface area contributed by atoms with E-state index in [1.165, 1.54) is 12.3 Å². The summed E-state index contributed by atoms with van der Waals surface area (Å²) in [6.07, 6.45) is 10.4. The highest BCUT2D eigenvalue weighted by Crippen LogP contribution is 2.49. The van der Waals surface area contributed by atoms with Crippen LogP contribution in [0.3, 0.4) is 0 Å². The van der Waals surface area contributed by atoms with Gasteiger partial charge < -0.3 is 19.6 Å². The third kappa shape index (κ3) is 3.99. The number of carbonyl (C=O) groups is 1. The number of carbonyl (C=O) groups excluding carboxylic acids is 1. The van der Waals surface area contributed by atoms with Crippen LogP contribution in [0.25, 0.3) is 33.5 Å². The topological polar surface area (TPSA) is 97.7 Å². The average molecular weight is 511 g/mol. The quantitative estimate of drug-likeness (QED) is 0.351. The maximum absolute atomic E-state index is 13.9. The van der Waals surface area contributed by atoms with Crippen molar-refractivity contribution in [2.45, 2.75) is 64.1 Å². The van der Waals surface area contributed by atoms with Gasteiger partial charge in [0.15, 0.2) is 5.82 Å². The van der Waals surface area contributed by atoms with Crippen LogP contribution in [0.15, 0.2) is 30.9 Å². The summed E-state index contributed by atoms with van der Waals surface area (Å²) in [4.78, 5) is 29.4. The molecule has 3 fully saturated rings. The number of hydrogen-bond donors (Lipinski definition) is 2. The Morgan fingerprint density at radius 1 is 1.17 bits per heavy atom. The summed E-state index contributed by atoms with van der Waals surface area (Å²) < 4.78 is 21.6. The predicted molar refractivity (Wildman–Crippen MR) is 135 cm³/mol. The van der Waals surface area contributed by atoms with Crippen LogP contribution in [-0.2, 0) is 4.74 Å². The van der Waals surface area contributed by atoms with Crippen molar-refractivity contribution in [1.29, 1.82) is 0 Å². The number of alkyl carbamates (subject to hydrolysis) is 1. The molecule has 4 heterocycles. The number of ether oxygens (including phenoxy) is 1. The number of hydrogen-bond acceptors (Lipinski definition) is 5. The summed E-state index contributed by atoms with van der Waals surface area (Å²) in [6, 6.07) is 1.32. The Hall–Kier alpha value is -3.20. The first kappa shape index (κ1) is 23.2. The molecule has 2 bridgehead atoms. The number of aromatic amines is 1. The lowest BCUT2D eigenvalue weighted by Gasteiger charge is -2.49. The minimum Gasteiger partial charge on any atom is -0.444 e. The molecule has 0 radical (unpaired) electrons. The largest absolute Gasteiger partial charge is 0.444 e. The molecule has 0 aliphatic heterocycles. The zero-order chi connectivity index (χ0) is 25.2. The SMILES string of the molecule is CC(C)(C)OC(=O)N[C@@H]1C2CCC(CC2)[C@H]1n1cc(Cl)c2cnc(-c3c[nH]c4ncc(F)cc34)nc21. The molecule has 0 spiro atoms. The lowest BCUT2D eigenvalue weighted by atomic mass is 9.64. The summed E-state index contributed by atoms with van der Waals surface area (Å²) in [5.74, 6) is 0.763. The standard InChI is InChI=1S/C26H28ClFN6O2/c1-26(2,3)36-25(35)32-20-13-4-6-14(7-5-13)21(20)34-12-19(27)18-11-31-23(33-24(18)34)17-10-30-22-16(17)8-15(28)9-29-22/h8-14,20-21H,4-7H2,1-3H3,(H,29,30)(H,32,35)/t13?,14?,20-,21-/m1/s1. The number of nitrogens with one attached hydrogen (secondary N) is 2. The summed E-state index contributed by atoms with van der Waals surface area (Å²) in [6.45, 7) is 5.59. The van der Waals surface area contributed by atoms with E-state index in [0.29, 0.717) is 44.9 Å². The van der Waals surface area contributed by atoms with E-state index < -0.39 is 17.5 Å². The first-order chi connectivity index (χ1) is 17.2. The highest BCUT2D eigenvalue weighted by molar-refractivity contribution is 6.35. The maximum atomic E-state index is 13.9. The molecule has 3 saturated carbocycles. The monoisotopic (exact) mass is 510 g/mol. The number of rotatable bonds is 3. The number of halogens is 2. The van der Waals surface area contributed by atoms with Gasteiger partial charge in [0.25, 0.3) is 0 Å². The molecule has 4 aromatic heterocycles. The Morgan fingerprint density at radius 3 is 2.67 bits per heavy atom. The Bertz CT molecular complexity index is 1470. The number of nitrogens with zero attached hydrogens (tertiary/aromatic N) is 4. The second kappa shape index (κ2) is 8.44. The highest BCUT2D eigenvalue weighted by Gasteiger charge is 2.46. The Balaban J connectivity index is 1.43. The molecule has 0 unspecified atom stereocenters. The van der Waals surface area contributed by atoms with Gasteiger partial charge in [0.05, 0.1) is 28.7 Å². The molecule has 8 nitrogen and oxygen atoms in total. The van der Waals surface area contributed by atoms with E-state index >= 15 is 0 Å². The number of fused-ring (bicyclic) bond motifs is 5. The third-order valence-electron chi connectivity index (χ3n) is 7.44. The van der Waals surface area contributed by atoms with Gasteiger partial charge in [-0.25, -0.2) is 24.1 Å². The number of aromatic nitrogens is 5. The first-order valence-electron chi connectivity index (χ1n) is 12.3. The fraction of sp³-hybridized carbons (Fsp3) is 0.462. The number of pyridine rings is 1. The summed E-state index contributed by atoms with van der Waals surface area (Å²) >= 11 is 6.65. The fourth-order valence-corrected chi connectivity index (χ4v) is 6.21. The Labute approximate surface area is 212 Å². The molecule has 2 N–H and O–H groups in total. The van der Waals surface area contributed by atoms with E-state index in [2.05, 4.69) is 24.8 Å². The predicted octanol–water partition coefficient (Wildman–Crippen LogP) is 6.02. The number of H-pyrrole nitrogens is 1. The summed E-state index contributed by atoms with van der Waals surface area (Å²) in [5.41, 5.74) is 1.34. The fourth-order valence-electron chi connectivity index (χ4n) is 5.98. The molecule has 10 heteroatoms. The smallest absolute Gasteiger partial charge is 0.407 e. The third-order valence-corrected chi connectivity index (χ3v) is 7.74. The van der Waals surface area contributed by atoms with Crippen molar-refractivity contribution in [3.05, 3.63) is 41.7 Å². The summed E-state index contributed by atoms with van der Waals surface area (Å²) in [7, 11) is 0. The first-order valence-corrected chi connectivity index (χ1v) is 12.7. The molecule has 2 atom stereocenters. The van der Waals surface area contributed by atoms with Crippen molar-refractivity contribution in [2.24, 2.45) is 11.8 Å². The molecule has 3 aliphatic carbocycles. The minimum atomic E-state index is -0.577. The van der Waals surface area contributed by atoms with Gasteiger partial charge in [-0.3, -0.25) is 0 Å². The van der Waals surface area contributed by atoms with Crippen molar-refractivity contribution in [2.75, 3.05) is 0 Å². The zero-order valence-corrected chi connectivity index (χ0v) is 21.1.